The average Bonchev–Trinajstić information content (AvgIpc) is 2.63. The van der Waals surface area contributed by atoms with E-state index in [1.54, 1.807) is 13.2 Å². The summed E-state index contributed by atoms with van der Waals surface area (Å²) in [6.45, 7) is 0.233. The molecule has 138 valence electrons. The first-order valence-electron chi connectivity index (χ1n) is 7.37. The van der Waals surface area contributed by atoms with Gasteiger partial charge in [0.05, 0.1) is 12.3 Å². The van der Waals surface area contributed by atoms with Crippen molar-refractivity contribution in [1.29, 1.82) is 5.53 Å². The van der Waals surface area contributed by atoms with Gasteiger partial charge in [-0.2, -0.15) is 10.1 Å². The van der Waals surface area contributed by atoms with Crippen LogP contribution in [0.5, 0.6) is 6.01 Å². The molecule has 0 unspecified atom stereocenters. The number of methoxy groups -OCH3 is 1. The van der Waals surface area contributed by atoms with Crippen molar-refractivity contribution in [2.24, 2.45) is 5.11 Å². The number of halogens is 3. The highest BCUT2D eigenvalue weighted by molar-refractivity contribution is 6.31. The summed E-state index contributed by atoms with van der Waals surface area (Å²) < 4.78 is 36.0. The Labute approximate surface area is 153 Å². The van der Waals surface area contributed by atoms with Gasteiger partial charge in [0.25, 0.3) is 6.43 Å². The number of aromatic nitrogens is 2. The molecule has 1 aromatic heterocycles. The van der Waals surface area contributed by atoms with Gasteiger partial charge < -0.3 is 14.8 Å². The van der Waals surface area contributed by atoms with E-state index in [4.69, 9.17) is 26.6 Å². The Morgan fingerprint density at radius 3 is 2.92 bits per heavy atom. The predicted octanol–water partition coefficient (Wildman–Crippen LogP) is 4.58. The zero-order chi connectivity index (χ0) is 18.9. The van der Waals surface area contributed by atoms with Crippen LogP contribution in [-0.4, -0.2) is 23.7 Å². The fourth-order valence-corrected chi connectivity index (χ4v) is 2.09. The minimum absolute atomic E-state index is 0.0173. The fraction of sp³-hybridized carbons (Fsp3) is 0.250. The third kappa shape index (κ3) is 5.71. The maximum Gasteiger partial charge on any atom is 0.317 e. The molecular formula is C16H16ClF2N5O2. The first-order valence-corrected chi connectivity index (χ1v) is 7.75. The minimum atomic E-state index is -2.69. The lowest BCUT2D eigenvalue weighted by Crippen LogP contribution is -2.06. The first-order chi connectivity index (χ1) is 12.5. The molecule has 0 saturated heterocycles. The molecule has 0 aliphatic rings. The van der Waals surface area contributed by atoms with Crippen LogP contribution in [0.25, 0.3) is 0 Å². The van der Waals surface area contributed by atoms with Gasteiger partial charge in [-0.3, -0.25) is 0 Å². The van der Waals surface area contributed by atoms with Crippen LogP contribution in [0.1, 0.15) is 17.7 Å². The van der Waals surface area contributed by atoms with E-state index in [9.17, 15) is 8.78 Å². The molecule has 0 aliphatic carbocycles. The number of nitrogens with one attached hydrogen (secondary N) is 2. The molecule has 0 radical (unpaired) electrons. The SMILES string of the molecule is COCc1ccnc(OC/C(=C/Nc2ccc(Cl)c(C(F)F)c2)N=N)n1. The molecule has 0 amide bonds. The standard InChI is InChI=1S/C16H16ClF2N5O2/c1-25-8-11-4-5-21-16(23-11)26-9-12(24-20)7-22-10-2-3-14(17)13(6-10)15(18)19/h2-7,15,20,22H,8-9H2,1H3/b12-7-,24-20?. The Hall–Kier alpha value is -2.65. The Balaban J connectivity index is 2.01. The summed E-state index contributed by atoms with van der Waals surface area (Å²) in [4.78, 5) is 8.07. The third-order valence-electron chi connectivity index (χ3n) is 3.11. The molecule has 1 aromatic carbocycles. The predicted molar refractivity (Wildman–Crippen MR) is 91.5 cm³/mol. The van der Waals surface area contributed by atoms with Crippen molar-refractivity contribution in [3.8, 4) is 6.01 Å². The quantitative estimate of drug-likeness (QED) is 0.618. The van der Waals surface area contributed by atoms with E-state index in [2.05, 4.69) is 20.4 Å². The van der Waals surface area contributed by atoms with Crippen LogP contribution in [0.3, 0.4) is 0 Å². The van der Waals surface area contributed by atoms with Crippen LogP contribution >= 0.6 is 11.6 Å². The van der Waals surface area contributed by atoms with E-state index in [0.29, 0.717) is 18.0 Å². The zero-order valence-electron chi connectivity index (χ0n) is 13.7. The smallest absolute Gasteiger partial charge is 0.317 e. The van der Waals surface area contributed by atoms with Gasteiger partial charge >= 0.3 is 6.01 Å². The summed E-state index contributed by atoms with van der Waals surface area (Å²) in [5, 5.41) is 6.08. The monoisotopic (exact) mass is 383 g/mol. The molecule has 2 rings (SSSR count). The molecule has 0 fully saturated rings. The van der Waals surface area contributed by atoms with Gasteiger partial charge in [0.1, 0.15) is 12.3 Å². The van der Waals surface area contributed by atoms with Crippen LogP contribution in [0.15, 0.2) is 47.5 Å². The van der Waals surface area contributed by atoms with Crippen molar-refractivity contribution < 1.29 is 18.3 Å². The van der Waals surface area contributed by atoms with E-state index < -0.39 is 6.43 Å². The average molecular weight is 384 g/mol. The van der Waals surface area contributed by atoms with Gasteiger partial charge in [0.2, 0.25) is 0 Å². The summed E-state index contributed by atoms with van der Waals surface area (Å²) in [6.07, 6.45) is 0.202. The summed E-state index contributed by atoms with van der Waals surface area (Å²) >= 11 is 5.72. The second-order valence-corrected chi connectivity index (χ2v) is 5.39. The van der Waals surface area contributed by atoms with Crippen LogP contribution < -0.4 is 10.1 Å². The number of nitrogens with zero attached hydrogens (tertiary/aromatic N) is 3. The Kier molecular flexibility index (Phi) is 7.37. The highest BCUT2D eigenvalue weighted by atomic mass is 35.5. The number of anilines is 1. The molecule has 2 aromatic rings. The highest BCUT2D eigenvalue weighted by Gasteiger charge is 2.12. The van der Waals surface area contributed by atoms with Crippen LogP contribution in [-0.2, 0) is 11.3 Å². The lowest BCUT2D eigenvalue weighted by atomic mass is 10.2. The maximum absolute atomic E-state index is 12.8. The second kappa shape index (κ2) is 9.73. The van der Waals surface area contributed by atoms with Gasteiger partial charge in [0, 0.05) is 35.8 Å². The number of rotatable bonds is 9. The number of alkyl halides is 2. The van der Waals surface area contributed by atoms with Gasteiger partial charge in [-0.05, 0) is 24.3 Å². The van der Waals surface area contributed by atoms with Crippen molar-refractivity contribution >= 4 is 17.3 Å². The lowest BCUT2D eigenvalue weighted by molar-refractivity contribution is 0.151. The molecular weight excluding hydrogens is 368 g/mol. The largest absolute Gasteiger partial charge is 0.457 e. The topological polar surface area (TPSA) is 92.5 Å². The zero-order valence-corrected chi connectivity index (χ0v) is 14.5. The minimum Gasteiger partial charge on any atom is -0.457 e. The summed E-state index contributed by atoms with van der Waals surface area (Å²) in [7, 11) is 1.55. The Morgan fingerprint density at radius 1 is 1.42 bits per heavy atom. The molecule has 0 bridgehead atoms. The van der Waals surface area contributed by atoms with E-state index in [1.165, 1.54) is 30.6 Å². The van der Waals surface area contributed by atoms with Gasteiger partial charge in [-0.15, -0.1) is 0 Å². The fourth-order valence-electron chi connectivity index (χ4n) is 1.89. The number of ether oxygens (including phenoxy) is 2. The van der Waals surface area contributed by atoms with Crippen LogP contribution in [0, 0.1) is 5.53 Å². The number of hydrogen-bond acceptors (Lipinski definition) is 7. The Bertz CT molecular complexity index is 789. The molecule has 2 N–H and O–H groups in total. The summed E-state index contributed by atoms with van der Waals surface area (Å²) in [6, 6.07) is 5.92. The lowest BCUT2D eigenvalue weighted by Gasteiger charge is -2.08. The van der Waals surface area contributed by atoms with Crippen molar-refractivity contribution in [3.63, 3.8) is 0 Å². The van der Waals surface area contributed by atoms with Crippen LogP contribution in [0.2, 0.25) is 5.02 Å². The highest BCUT2D eigenvalue weighted by Crippen LogP contribution is 2.29. The van der Waals surface area contributed by atoms with Gasteiger partial charge in [0.15, 0.2) is 0 Å². The molecule has 0 atom stereocenters. The van der Waals surface area contributed by atoms with Crippen molar-refractivity contribution in [1.82, 2.24) is 9.97 Å². The van der Waals surface area contributed by atoms with Crippen molar-refractivity contribution in [3.05, 3.63) is 58.6 Å². The Morgan fingerprint density at radius 2 is 2.23 bits per heavy atom. The first kappa shape index (κ1) is 19.7. The van der Waals surface area contributed by atoms with Gasteiger partial charge in [-0.25, -0.2) is 19.3 Å². The molecule has 1 heterocycles. The summed E-state index contributed by atoms with van der Waals surface area (Å²) in [5.41, 5.74) is 8.13. The number of hydrogen-bond donors (Lipinski definition) is 2. The molecule has 10 heteroatoms. The normalized spacial score (nSPS) is 11.5. The van der Waals surface area contributed by atoms with Crippen molar-refractivity contribution in [2.75, 3.05) is 19.0 Å². The van der Waals surface area contributed by atoms with Gasteiger partial charge in [-0.1, -0.05) is 11.6 Å². The van der Waals surface area contributed by atoms with E-state index in [-0.39, 0.29) is 28.9 Å². The third-order valence-corrected chi connectivity index (χ3v) is 3.46. The van der Waals surface area contributed by atoms with Crippen LogP contribution in [0.4, 0.5) is 14.5 Å². The second-order valence-electron chi connectivity index (χ2n) is 4.98. The van der Waals surface area contributed by atoms with E-state index >= 15 is 0 Å². The van der Waals surface area contributed by atoms with E-state index in [0.717, 1.165) is 0 Å². The van der Waals surface area contributed by atoms with E-state index in [1.807, 2.05) is 0 Å². The molecule has 26 heavy (non-hydrogen) atoms. The molecule has 0 aliphatic heterocycles. The maximum atomic E-state index is 12.8. The summed E-state index contributed by atoms with van der Waals surface area (Å²) in [5.74, 6) is 0. The number of benzene rings is 1. The molecule has 0 saturated carbocycles. The molecule has 7 nitrogen and oxygen atoms in total. The molecule has 0 spiro atoms. The van der Waals surface area contributed by atoms with Crippen molar-refractivity contribution in [2.45, 2.75) is 13.0 Å².